The molecule has 1 unspecified atom stereocenters. The number of unbranched alkanes of at least 4 members (excludes halogenated alkanes) is 23. The van der Waals surface area contributed by atoms with Gasteiger partial charge in [0, 0.05) is 12.8 Å². The number of rotatable bonds is 41. The van der Waals surface area contributed by atoms with Gasteiger partial charge >= 0.3 is 11.9 Å². The number of hydrogen-bond acceptors (Lipinski definition) is 5. The maximum atomic E-state index is 12.2. The van der Waals surface area contributed by atoms with Gasteiger partial charge in [0.05, 0.1) is 6.61 Å². The molecule has 0 heterocycles. The molecule has 0 aromatic heterocycles. The predicted octanol–water partition coefficient (Wildman–Crippen LogP) is 14.7. The van der Waals surface area contributed by atoms with Crippen molar-refractivity contribution in [3.8, 4) is 0 Å². The average molecular weight is 755 g/mol. The van der Waals surface area contributed by atoms with Crippen LogP contribution in [0.1, 0.15) is 219 Å². The van der Waals surface area contributed by atoms with E-state index in [-0.39, 0.29) is 25.2 Å². The van der Waals surface area contributed by atoms with E-state index in [2.05, 4.69) is 74.6 Å². The van der Waals surface area contributed by atoms with E-state index in [4.69, 9.17) is 9.47 Å². The number of hydrogen-bond donors (Lipinski definition) is 1. The Bertz CT molecular complexity index is 946. The Balaban J connectivity index is 3.53. The smallest absolute Gasteiger partial charge is 0.306 e. The van der Waals surface area contributed by atoms with Gasteiger partial charge in [0.15, 0.2) is 6.10 Å². The summed E-state index contributed by atoms with van der Waals surface area (Å²) in [5.41, 5.74) is 0. The zero-order valence-corrected chi connectivity index (χ0v) is 35.5. The number of carbonyl (C=O) groups is 2. The lowest BCUT2D eigenvalue weighted by atomic mass is 10.0. The first kappa shape index (κ1) is 51.6. The third-order valence-electron chi connectivity index (χ3n) is 9.80. The van der Waals surface area contributed by atoms with Gasteiger partial charge in [0.1, 0.15) is 6.61 Å². The highest BCUT2D eigenvalue weighted by atomic mass is 16.6. The molecule has 0 saturated heterocycles. The number of allylic oxidation sites excluding steroid dienone is 10. The maximum Gasteiger partial charge on any atom is 0.306 e. The van der Waals surface area contributed by atoms with Crippen LogP contribution in [0.4, 0.5) is 0 Å². The summed E-state index contributed by atoms with van der Waals surface area (Å²) in [6.45, 7) is 4.00. The third kappa shape index (κ3) is 42.3. The number of aliphatic hydroxyl groups excluding tert-OH is 1. The molecule has 0 rings (SSSR count). The van der Waals surface area contributed by atoms with Gasteiger partial charge in [-0.1, -0.05) is 190 Å². The fourth-order valence-electron chi connectivity index (χ4n) is 6.36. The molecule has 0 bridgehead atoms. The van der Waals surface area contributed by atoms with Crippen LogP contribution in [0.2, 0.25) is 0 Å². The van der Waals surface area contributed by atoms with Crippen LogP contribution in [0.5, 0.6) is 0 Å². The Hall–Kier alpha value is -2.40. The molecule has 1 atom stereocenters. The lowest BCUT2D eigenvalue weighted by Gasteiger charge is -2.15. The molecule has 0 amide bonds. The van der Waals surface area contributed by atoms with Crippen LogP contribution in [0.3, 0.4) is 0 Å². The quantitative estimate of drug-likeness (QED) is 0.0382. The van der Waals surface area contributed by atoms with E-state index in [1.165, 1.54) is 128 Å². The molecule has 54 heavy (non-hydrogen) atoms. The van der Waals surface area contributed by atoms with Crippen molar-refractivity contribution in [1.29, 1.82) is 0 Å². The van der Waals surface area contributed by atoms with E-state index in [0.29, 0.717) is 12.8 Å². The number of aliphatic hydroxyl groups is 1. The first-order valence-corrected chi connectivity index (χ1v) is 22.8. The highest BCUT2D eigenvalue weighted by molar-refractivity contribution is 5.70. The van der Waals surface area contributed by atoms with E-state index >= 15 is 0 Å². The Morgan fingerprint density at radius 3 is 1.26 bits per heavy atom. The molecular formula is C49H86O5. The molecular weight excluding hydrogens is 669 g/mol. The molecule has 1 N–H and O–H groups in total. The van der Waals surface area contributed by atoms with Crippen molar-refractivity contribution in [2.75, 3.05) is 13.2 Å². The molecule has 0 aliphatic heterocycles. The molecule has 0 aliphatic carbocycles. The molecule has 5 nitrogen and oxygen atoms in total. The molecule has 0 aromatic carbocycles. The van der Waals surface area contributed by atoms with Crippen molar-refractivity contribution in [3.63, 3.8) is 0 Å². The summed E-state index contributed by atoms with van der Waals surface area (Å²) in [5, 5.41) is 9.57. The predicted molar refractivity (Wildman–Crippen MR) is 233 cm³/mol. The van der Waals surface area contributed by atoms with E-state index in [0.717, 1.165) is 64.2 Å². The second kappa shape index (κ2) is 45.0. The molecule has 0 aliphatic rings. The Kier molecular flexibility index (Phi) is 43.0. The van der Waals surface area contributed by atoms with Crippen LogP contribution in [-0.2, 0) is 19.1 Å². The molecule has 5 heteroatoms. The summed E-state index contributed by atoms with van der Waals surface area (Å²) in [6, 6.07) is 0. The number of carbonyl (C=O) groups excluding carboxylic acids is 2. The summed E-state index contributed by atoms with van der Waals surface area (Å²) in [4.78, 5) is 24.3. The van der Waals surface area contributed by atoms with Crippen LogP contribution < -0.4 is 0 Å². The van der Waals surface area contributed by atoms with Crippen molar-refractivity contribution in [3.05, 3.63) is 60.8 Å². The van der Waals surface area contributed by atoms with E-state index in [9.17, 15) is 14.7 Å². The van der Waals surface area contributed by atoms with Gasteiger partial charge in [-0.15, -0.1) is 0 Å². The Morgan fingerprint density at radius 2 is 0.796 bits per heavy atom. The molecule has 0 saturated carbocycles. The van der Waals surface area contributed by atoms with Crippen LogP contribution >= 0.6 is 0 Å². The van der Waals surface area contributed by atoms with Gasteiger partial charge in [-0.25, -0.2) is 0 Å². The normalized spacial score (nSPS) is 12.7. The second-order valence-electron chi connectivity index (χ2n) is 15.1. The summed E-state index contributed by atoms with van der Waals surface area (Å²) >= 11 is 0. The Morgan fingerprint density at radius 1 is 0.444 bits per heavy atom. The largest absolute Gasteiger partial charge is 0.462 e. The summed E-state index contributed by atoms with van der Waals surface area (Å²) in [5.74, 6) is -0.638. The van der Waals surface area contributed by atoms with Crippen LogP contribution in [0.15, 0.2) is 60.8 Å². The summed E-state index contributed by atoms with van der Waals surface area (Å²) < 4.78 is 10.6. The minimum atomic E-state index is -0.794. The van der Waals surface area contributed by atoms with Gasteiger partial charge in [0.2, 0.25) is 0 Å². The van der Waals surface area contributed by atoms with Crippen molar-refractivity contribution >= 4 is 11.9 Å². The first-order valence-electron chi connectivity index (χ1n) is 22.8. The summed E-state index contributed by atoms with van der Waals surface area (Å²) in [6.07, 6.45) is 58.8. The van der Waals surface area contributed by atoms with Crippen molar-refractivity contribution in [2.45, 2.75) is 225 Å². The van der Waals surface area contributed by atoms with Gasteiger partial charge in [-0.2, -0.15) is 0 Å². The molecule has 0 aromatic rings. The van der Waals surface area contributed by atoms with Gasteiger partial charge < -0.3 is 14.6 Å². The fourth-order valence-corrected chi connectivity index (χ4v) is 6.36. The lowest BCUT2D eigenvalue weighted by molar-refractivity contribution is -0.161. The fraction of sp³-hybridized carbons (Fsp3) is 0.755. The van der Waals surface area contributed by atoms with E-state index < -0.39 is 6.10 Å². The van der Waals surface area contributed by atoms with Gasteiger partial charge in [-0.3, -0.25) is 9.59 Å². The number of esters is 2. The molecule has 0 fully saturated rings. The van der Waals surface area contributed by atoms with Crippen LogP contribution in [-0.4, -0.2) is 36.4 Å². The standard InChI is InChI=1S/C49H86O5/c1-3-5-7-9-11-13-15-17-19-20-21-22-23-24-25-26-27-28-30-31-33-35-37-39-41-43-48(51)53-46-47(45-50)54-49(52)44-42-40-38-36-34-32-29-18-16-14-12-10-8-6-4-2/h6,8,12,14,18,20-21,29,34,36,47,50H,3-5,7,9-11,13,15-17,19,22-28,30-33,35,37-46H2,1-2H3/b8-6-,14-12-,21-20-,29-18-,36-34-. The molecule has 312 valence electrons. The maximum absolute atomic E-state index is 12.2. The minimum absolute atomic E-state index is 0.0835. The SMILES string of the molecule is CC/C=C\C/C=C\C/C=C\C/C=C\CCCCC(=O)OC(CO)COC(=O)CCCCCCCCCCCCCCC/C=C\CCCCCCCCCC. The van der Waals surface area contributed by atoms with Crippen molar-refractivity contribution in [1.82, 2.24) is 0 Å². The average Bonchev–Trinajstić information content (AvgIpc) is 3.17. The highest BCUT2D eigenvalue weighted by Crippen LogP contribution is 2.15. The zero-order valence-electron chi connectivity index (χ0n) is 35.5. The topological polar surface area (TPSA) is 72.8 Å². The van der Waals surface area contributed by atoms with Gasteiger partial charge in [0.25, 0.3) is 0 Å². The van der Waals surface area contributed by atoms with E-state index in [1.54, 1.807) is 0 Å². The zero-order chi connectivity index (χ0) is 39.3. The minimum Gasteiger partial charge on any atom is -0.462 e. The van der Waals surface area contributed by atoms with E-state index in [1.807, 2.05) is 0 Å². The van der Waals surface area contributed by atoms with Crippen LogP contribution in [0.25, 0.3) is 0 Å². The molecule has 0 radical (unpaired) electrons. The highest BCUT2D eigenvalue weighted by Gasteiger charge is 2.16. The lowest BCUT2D eigenvalue weighted by Crippen LogP contribution is -2.28. The second-order valence-corrected chi connectivity index (χ2v) is 15.1. The summed E-state index contributed by atoms with van der Waals surface area (Å²) in [7, 11) is 0. The monoisotopic (exact) mass is 755 g/mol. The molecule has 0 spiro atoms. The van der Waals surface area contributed by atoms with Crippen LogP contribution in [0, 0.1) is 0 Å². The van der Waals surface area contributed by atoms with Crippen molar-refractivity contribution < 1.29 is 24.2 Å². The van der Waals surface area contributed by atoms with Gasteiger partial charge in [-0.05, 0) is 77.0 Å². The number of ether oxygens (including phenoxy) is 2. The van der Waals surface area contributed by atoms with Crippen molar-refractivity contribution in [2.24, 2.45) is 0 Å². The first-order chi connectivity index (χ1) is 26.6. The Labute approximate surface area is 334 Å². The third-order valence-corrected chi connectivity index (χ3v) is 9.80.